The van der Waals surface area contributed by atoms with Gasteiger partial charge in [-0.3, -0.25) is 0 Å². The van der Waals surface area contributed by atoms with Crippen LogP contribution in [0.5, 0.6) is 0 Å². The number of ether oxygens (including phenoxy) is 1. The molecule has 0 N–H and O–H groups in total. The Morgan fingerprint density at radius 3 is 2.82 bits per heavy atom. The molecule has 17 heavy (non-hydrogen) atoms. The van der Waals surface area contributed by atoms with Crippen molar-refractivity contribution in [3.05, 3.63) is 16.5 Å². The van der Waals surface area contributed by atoms with Crippen LogP contribution in [0.2, 0.25) is 0 Å². The fraction of sp³-hybridized carbons (Fsp3) is 0.545. The Bertz CT molecular complexity index is 385. The lowest BCUT2D eigenvalue weighted by atomic mass is 10.3. The highest BCUT2D eigenvalue weighted by Crippen LogP contribution is 2.16. The number of aryl methyl sites for hydroxylation is 1. The van der Waals surface area contributed by atoms with Crippen molar-refractivity contribution in [2.45, 2.75) is 13.3 Å². The second kappa shape index (κ2) is 7.20. The molecule has 0 amide bonds. The minimum atomic E-state index is 0.463. The Morgan fingerprint density at radius 2 is 2.24 bits per heavy atom. The van der Waals surface area contributed by atoms with E-state index >= 15 is 0 Å². The van der Waals surface area contributed by atoms with Crippen molar-refractivity contribution in [3.63, 3.8) is 0 Å². The summed E-state index contributed by atoms with van der Waals surface area (Å²) < 4.78 is 5.80. The van der Waals surface area contributed by atoms with E-state index < -0.39 is 0 Å². The molecule has 0 radical (unpaired) electrons. The summed E-state index contributed by atoms with van der Waals surface area (Å²) in [5, 5.41) is 8.65. The van der Waals surface area contributed by atoms with Gasteiger partial charge in [-0.2, -0.15) is 5.26 Å². The average molecular weight is 299 g/mol. The van der Waals surface area contributed by atoms with Gasteiger partial charge in [-0.25, -0.2) is 9.97 Å². The van der Waals surface area contributed by atoms with Gasteiger partial charge in [0, 0.05) is 26.3 Å². The summed E-state index contributed by atoms with van der Waals surface area (Å²) in [7, 11) is 1.66. The summed E-state index contributed by atoms with van der Waals surface area (Å²) in [6.45, 7) is 3.79. The van der Waals surface area contributed by atoms with E-state index in [9.17, 15) is 0 Å². The quantitative estimate of drug-likeness (QED) is 0.751. The molecule has 0 aliphatic heterocycles. The summed E-state index contributed by atoms with van der Waals surface area (Å²) in [5.41, 5.74) is 0. The Kier molecular flexibility index (Phi) is 5.87. The number of nitrogens with zero attached hydrogens (tertiary/aromatic N) is 4. The largest absolute Gasteiger partial charge is 0.383 e. The Morgan fingerprint density at radius 1 is 1.47 bits per heavy atom. The van der Waals surface area contributed by atoms with Crippen LogP contribution in [0.4, 0.5) is 5.82 Å². The molecule has 92 valence electrons. The Labute approximate surface area is 110 Å². The number of halogens is 1. The van der Waals surface area contributed by atoms with E-state index in [4.69, 9.17) is 10.00 Å². The number of hydrogen-bond donors (Lipinski definition) is 0. The van der Waals surface area contributed by atoms with Crippen molar-refractivity contribution in [2.75, 3.05) is 31.7 Å². The van der Waals surface area contributed by atoms with Crippen LogP contribution in [-0.2, 0) is 4.74 Å². The van der Waals surface area contributed by atoms with Gasteiger partial charge in [0.15, 0.2) is 0 Å². The SMILES string of the molecule is COCCN(CCC#N)c1cc(Br)nc(C)n1. The second-order valence-electron chi connectivity index (χ2n) is 3.48. The van der Waals surface area contributed by atoms with Crippen LogP contribution in [0.3, 0.4) is 0 Å². The summed E-state index contributed by atoms with van der Waals surface area (Å²) in [4.78, 5) is 10.5. The number of aromatic nitrogens is 2. The minimum Gasteiger partial charge on any atom is -0.383 e. The predicted molar refractivity (Wildman–Crippen MR) is 68.8 cm³/mol. The first-order valence-corrected chi connectivity index (χ1v) is 6.08. The van der Waals surface area contributed by atoms with E-state index in [2.05, 4.69) is 32.0 Å². The monoisotopic (exact) mass is 298 g/mol. The number of rotatable bonds is 6. The Balaban J connectivity index is 2.83. The van der Waals surface area contributed by atoms with E-state index in [0.29, 0.717) is 31.9 Å². The molecule has 0 aromatic carbocycles. The molecule has 1 aromatic heterocycles. The van der Waals surface area contributed by atoms with Gasteiger partial charge in [-0.15, -0.1) is 0 Å². The van der Waals surface area contributed by atoms with Gasteiger partial charge in [-0.1, -0.05) is 0 Å². The van der Waals surface area contributed by atoms with E-state index in [1.807, 2.05) is 17.9 Å². The third-order valence-corrected chi connectivity index (χ3v) is 2.58. The topological polar surface area (TPSA) is 62.0 Å². The van der Waals surface area contributed by atoms with Crippen LogP contribution in [0.15, 0.2) is 10.7 Å². The third kappa shape index (κ3) is 4.67. The molecule has 0 spiro atoms. The maximum atomic E-state index is 8.65. The molecule has 1 aromatic rings. The van der Waals surface area contributed by atoms with Crippen molar-refractivity contribution in [2.24, 2.45) is 0 Å². The summed E-state index contributed by atoms with van der Waals surface area (Å²) in [6.07, 6.45) is 0.463. The van der Waals surface area contributed by atoms with Crippen molar-refractivity contribution < 1.29 is 4.74 Å². The van der Waals surface area contributed by atoms with Gasteiger partial charge < -0.3 is 9.64 Å². The van der Waals surface area contributed by atoms with Crippen molar-refractivity contribution in [1.82, 2.24) is 9.97 Å². The summed E-state index contributed by atoms with van der Waals surface area (Å²) in [6, 6.07) is 3.98. The highest BCUT2D eigenvalue weighted by Gasteiger charge is 2.09. The van der Waals surface area contributed by atoms with Crippen molar-refractivity contribution in [1.29, 1.82) is 5.26 Å². The molecule has 0 saturated carbocycles. The van der Waals surface area contributed by atoms with Crippen LogP contribution in [-0.4, -0.2) is 36.8 Å². The predicted octanol–water partition coefficient (Wildman–Crippen LogP) is 1.91. The van der Waals surface area contributed by atoms with E-state index in [0.717, 1.165) is 10.4 Å². The van der Waals surface area contributed by atoms with Gasteiger partial charge in [0.05, 0.1) is 19.1 Å². The van der Waals surface area contributed by atoms with Gasteiger partial charge in [0.1, 0.15) is 16.2 Å². The first kappa shape index (κ1) is 13.9. The Hall–Kier alpha value is -1.19. The summed E-state index contributed by atoms with van der Waals surface area (Å²) in [5.74, 6) is 1.52. The highest BCUT2D eigenvalue weighted by atomic mass is 79.9. The lowest BCUT2D eigenvalue weighted by molar-refractivity contribution is 0.205. The van der Waals surface area contributed by atoms with Crippen LogP contribution in [0.1, 0.15) is 12.2 Å². The fourth-order valence-electron chi connectivity index (χ4n) is 1.41. The van der Waals surface area contributed by atoms with Gasteiger partial charge in [0.25, 0.3) is 0 Å². The zero-order chi connectivity index (χ0) is 12.7. The smallest absolute Gasteiger partial charge is 0.133 e. The molecule has 1 rings (SSSR count). The normalized spacial score (nSPS) is 10.0. The van der Waals surface area contributed by atoms with E-state index in [-0.39, 0.29) is 0 Å². The summed E-state index contributed by atoms with van der Waals surface area (Å²) >= 11 is 3.34. The van der Waals surface area contributed by atoms with Crippen LogP contribution >= 0.6 is 15.9 Å². The molecule has 0 atom stereocenters. The zero-order valence-electron chi connectivity index (χ0n) is 9.98. The number of methoxy groups -OCH3 is 1. The number of anilines is 1. The lowest BCUT2D eigenvalue weighted by Gasteiger charge is -2.22. The van der Waals surface area contributed by atoms with Crippen LogP contribution < -0.4 is 4.90 Å². The number of hydrogen-bond acceptors (Lipinski definition) is 5. The molecular formula is C11H15BrN4O. The molecule has 1 heterocycles. The zero-order valence-corrected chi connectivity index (χ0v) is 11.6. The van der Waals surface area contributed by atoms with E-state index in [1.54, 1.807) is 7.11 Å². The molecule has 0 saturated heterocycles. The van der Waals surface area contributed by atoms with Gasteiger partial charge in [-0.05, 0) is 22.9 Å². The number of nitriles is 1. The molecule has 6 heteroatoms. The standard InChI is InChI=1S/C11H15BrN4O/c1-9-14-10(12)8-11(15-9)16(5-3-4-13)6-7-17-2/h8H,3,5-7H2,1-2H3. The van der Waals surface area contributed by atoms with Crippen molar-refractivity contribution in [3.8, 4) is 6.07 Å². The molecule has 0 aliphatic carbocycles. The average Bonchev–Trinajstić information content (AvgIpc) is 2.28. The molecule has 5 nitrogen and oxygen atoms in total. The minimum absolute atomic E-state index is 0.463. The van der Waals surface area contributed by atoms with Crippen LogP contribution in [0.25, 0.3) is 0 Å². The first-order valence-electron chi connectivity index (χ1n) is 5.29. The first-order chi connectivity index (χ1) is 8.17. The second-order valence-corrected chi connectivity index (χ2v) is 4.30. The molecular weight excluding hydrogens is 284 g/mol. The molecule has 0 bridgehead atoms. The third-order valence-electron chi connectivity index (χ3n) is 2.18. The maximum absolute atomic E-state index is 8.65. The van der Waals surface area contributed by atoms with Crippen molar-refractivity contribution >= 4 is 21.7 Å². The fourth-order valence-corrected chi connectivity index (χ4v) is 1.87. The maximum Gasteiger partial charge on any atom is 0.133 e. The van der Waals surface area contributed by atoms with Crippen LogP contribution in [0, 0.1) is 18.3 Å². The molecule has 0 unspecified atom stereocenters. The highest BCUT2D eigenvalue weighted by molar-refractivity contribution is 9.10. The van der Waals surface area contributed by atoms with E-state index in [1.165, 1.54) is 0 Å². The lowest BCUT2D eigenvalue weighted by Crippen LogP contribution is -2.29. The molecule has 0 fully saturated rings. The van der Waals surface area contributed by atoms with Gasteiger partial charge >= 0.3 is 0 Å². The molecule has 0 aliphatic rings. The van der Waals surface area contributed by atoms with Gasteiger partial charge in [0.2, 0.25) is 0 Å².